The Morgan fingerprint density at radius 1 is 1.23 bits per heavy atom. The molecular formula is C21H24Cl2F3N3O. The highest BCUT2D eigenvalue weighted by molar-refractivity contribution is 6.33. The van der Waals surface area contributed by atoms with Gasteiger partial charge in [-0.2, -0.15) is 13.2 Å². The molecule has 1 saturated heterocycles. The van der Waals surface area contributed by atoms with Gasteiger partial charge in [0.15, 0.2) is 0 Å². The van der Waals surface area contributed by atoms with Crippen LogP contribution in [-0.4, -0.2) is 30.4 Å². The van der Waals surface area contributed by atoms with Crippen LogP contribution in [0.2, 0.25) is 5.02 Å². The van der Waals surface area contributed by atoms with E-state index in [1.165, 1.54) is 6.07 Å². The van der Waals surface area contributed by atoms with Crippen molar-refractivity contribution >= 4 is 35.6 Å². The summed E-state index contributed by atoms with van der Waals surface area (Å²) < 4.78 is 39.8. The summed E-state index contributed by atoms with van der Waals surface area (Å²) >= 11 is 5.88. The topological polar surface area (TPSA) is 58.4 Å². The van der Waals surface area contributed by atoms with Crippen molar-refractivity contribution in [1.82, 2.24) is 10.2 Å². The minimum atomic E-state index is -4.70. The van der Waals surface area contributed by atoms with Crippen LogP contribution in [0, 0.1) is 0 Å². The number of carbonyl (C=O) groups excluding carboxylic acids is 1. The summed E-state index contributed by atoms with van der Waals surface area (Å²) in [5, 5.41) is 2.63. The van der Waals surface area contributed by atoms with Crippen molar-refractivity contribution in [1.29, 1.82) is 0 Å². The Labute approximate surface area is 185 Å². The molecule has 1 aliphatic rings. The third-order valence-corrected chi connectivity index (χ3v) is 5.67. The molecule has 2 atom stereocenters. The molecule has 9 heteroatoms. The fraction of sp³-hybridized carbons (Fsp3) is 0.381. The van der Waals surface area contributed by atoms with Gasteiger partial charge in [0, 0.05) is 11.6 Å². The molecule has 30 heavy (non-hydrogen) atoms. The number of nitrogens with one attached hydrogen (secondary N) is 1. The van der Waals surface area contributed by atoms with E-state index in [0.29, 0.717) is 0 Å². The van der Waals surface area contributed by atoms with Crippen LogP contribution in [0.25, 0.3) is 0 Å². The number of hydrogen-bond donors (Lipinski definition) is 2. The number of halogens is 5. The minimum Gasteiger partial charge on any atom is -0.397 e. The second-order valence-corrected chi connectivity index (χ2v) is 7.73. The van der Waals surface area contributed by atoms with Gasteiger partial charge in [-0.25, -0.2) is 0 Å². The van der Waals surface area contributed by atoms with Gasteiger partial charge in [-0.3, -0.25) is 4.79 Å². The van der Waals surface area contributed by atoms with E-state index in [2.05, 4.69) is 10.2 Å². The van der Waals surface area contributed by atoms with Crippen LogP contribution in [0.5, 0.6) is 0 Å². The Hall–Kier alpha value is -1.96. The second-order valence-electron chi connectivity index (χ2n) is 7.32. The lowest BCUT2D eigenvalue weighted by atomic mass is 9.91. The number of alkyl halides is 3. The summed E-state index contributed by atoms with van der Waals surface area (Å²) in [6.07, 6.45) is -1.72. The lowest BCUT2D eigenvalue weighted by Gasteiger charge is -2.38. The maximum absolute atomic E-state index is 13.3. The molecule has 0 aromatic heterocycles. The number of amides is 1. The van der Waals surface area contributed by atoms with Crippen LogP contribution >= 0.6 is 24.0 Å². The van der Waals surface area contributed by atoms with Crippen LogP contribution in [-0.2, 0) is 6.18 Å². The molecule has 2 aromatic rings. The quantitative estimate of drug-likeness (QED) is 0.605. The van der Waals surface area contributed by atoms with E-state index >= 15 is 0 Å². The van der Waals surface area contributed by atoms with Crippen molar-refractivity contribution in [3.05, 3.63) is 64.2 Å². The molecule has 0 saturated carbocycles. The number of hydrogen-bond acceptors (Lipinski definition) is 3. The molecular weight excluding hydrogens is 438 g/mol. The van der Waals surface area contributed by atoms with Crippen molar-refractivity contribution < 1.29 is 18.0 Å². The summed E-state index contributed by atoms with van der Waals surface area (Å²) in [7, 11) is 1.99. The Morgan fingerprint density at radius 3 is 2.50 bits per heavy atom. The zero-order valence-electron chi connectivity index (χ0n) is 16.4. The van der Waals surface area contributed by atoms with Crippen LogP contribution in [0.3, 0.4) is 0 Å². The average Bonchev–Trinajstić information content (AvgIpc) is 2.68. The molecule has 164 valence electrons. The standard InChI is InChI=1S/C21H23ClF3N3O.ClH/c1-28-10-6-5-9-17(28)19(13-7-3-2-4-8-13)27-20(29)14-11-15(21(23,24)25)18(26)16(22)12-14;/h2-4,7-8,11-12,17,19H,5-6,9-10,26H2,1H3,(H,27,29);1H. The molecule has 1 amide bonds. The largest absolute Gasteiger partial charge is 0.418 e. The molecule has 1 fully saturated rings. The lowest BCUT2D eigenvalue weighted by molar-refractivity contribution is -0.136. The number of likely N-dealkylation sites (tertiary alicyclic amines) is 1. The van der Waals surface area contributed by atoms with Gasteiger partial charge in [0.25, 0.3) is 5.91 Å². The molecule has 0 aliphatic carbocycles. The van der Waals surface area contributed by atoms with Crippen LogP contribution in [0.15, 0.2) is 42.5 Å². The molecule has 1 heterocycles. The number of likely N-dealkylation sites (N-methyl/N-ethyl adjacent to an activating group) is 1. The Balaban J connectivity index is 0.00000320. The van der Waals surface area contributed by atoms with E-state index in [1.54, 1.807) is 0 Å². The number of nitrogens with zero attached hydrogens (tertiary/aromatic N) is 1. The summed E-state index contributed by atoms with van der Waals surface area (Å²) in [6.45, 7) is 0.899. The summed E-state index contributed by atoms with van der Waals surface area (Å²) in [6, 6.07) is 11.0. The summed E-state index contributed by atoms with van der Waals surface area (Å²) in [5.41, 5.74) is 4.51. The first-order chi connectivity index (χ1) is 13.7. The highest BCUT2D eigenvalue weighted by atomic mass is 35.5. The molecule has 2 aromatic carbocycles. The molecule has 1 aliphatic heterocycles. The van der Waals surface area contributed by atoms with Crippen LogP contribution in [0.4, 0.5) is 18.9 Å². The summed E-state index contributed by atoms with van der Waals surface area (Å²) in [5.74, 6) is -0.620. The molecule has 3 rings (SSSR count). The number of rotatable bonds is 4. The van der Waals surface area contributed by atoms with Gasteiger partial charge in [0.2, 0.25) is 0 Å². The Bertz CT molecular complexity index is 878. The highest BCUT2D eigenvalue weighted by Gasteiger charge is 2.36. The number of benzene rings is 2. The Kier molecular flexibility index (Phi) is 8.02. The predicted octanol–water partition coefficient (Wildman–Crippen LogP) is 5.32. The van der Waals surface area contributed by atoms with E-state index < -0.39 is 23.3 Å². The molecule has 4 nitrogen and oxygen atoms in total. The van der Waals surface area contributed by atoms with Gasteiger partial charge in [-0.05, 0) is 44.1 Å². The maximum Gasteiger partial charge on any atom is 0.418 e. The lowest BCUT2D eigenvalue weighted by Crippen LogP contribution is -2.47. The predicted molar refractivity (Wildman–Crippen MR) is 115 cm³/mol. The van der Waals surface area contributed by atoms with E-state index in [-0.39, 0.29) is 35.1 Å². The second kappa shape index (κ2) is 9.90. The van der Waals surface area contributed by atoms with Gasteiger partial charge in [0.05, 0.1) is 22.3 Å². The molecule has 0 radical (unpaired) electrons. The Morgan fingerprint density at radius 2 is 1.90 bits per heavy atom. The first-order valence-electron chi connectivity index (χ1n) is 9.40. The number of nitrogen functional groups attached to an aromatic ring is 1. The summed E-state index contributed by atoms with van der Waals surface area (Å²) in [4.78, 5) is 15.1. The maximum atomic E-state index is 13.3. The number of piperidine rings is 1. The fourth-order valence-corrected chi connectivity index (χ4v) is 4.01. The van der Waals surface area contributed by atoms with Crippen LogP contribution in [0.1, 0.15) is 46.8 Å². The number of carbonyl (C=O) groups is 1. The van der Waals surface area contributed by atoms with Crippen molar-refractivity contribution in [2.24, 2.45) is 0 Å². The minimum absolute atomic E-state index is 0. The van der Waals surface area contributed by atoms with E-state index in [0.717, 1.165) is 37.4 Å². The van der Waals surface area contributed by atoms with E-state index in [9.17, 15) is 18.0 Å². The molecule has 3 N–H and O–H groups in total. The van der Waals surface area contributed by atoms with Crippen molar-refractivity contribution in [2.75, 3.05) is 19.3 Å². The molecule has 0 spiro atoms. The molecule has 0 bridgehead atoms. The van der Waals surface area contributed by atoms with Gasteiger partial charge >= 0.3 is 6.18 Å². The van der Waals surface area contributed by atoms with Gasteiger partial charge in [-0.1, -0.05) is 48.4 Å². The van der Waals surface area contributed by atoms with Gasteiger partial charge in [0.1, 0.15) is 0 Å². The number of nitrogens with two attached hydrogens (primary N) is 1. The SMILES string of the molecule is CN1CCCCC1C(NC(=O)c1cc(Cl)c(N)c(C(F)(F)F)c1)c1ccccc1.Cl. The van der Waals surface area contributed by atoms with Crippen molar-refractivity contribution in [3.63, 3.8) is 0 Å². The van der Waals surface area contributed by atoms with Gasteiger partial charge < -0.3 is 16.0 Å². The van der Waals surface area contributed by atoms with Crippen molar-refractivity contribution in [3.8, 4) is 0 Å². The monoisotopic (exact) mass is 461 g/mol. The first kappa shape index (κ1) is 24.3. The average molecular weight is 462 g/mol. The smallest absolute Gasteiger partial charge is 0.397 e. The zero-order valence-corrected chi connectivity index (χ0v) is 17.9. The highest BCUT2D eigenvalue weighted by Crippen LogP contribution is 2.38. The number of anilines is 1. The van der Waals surface area contributed by atoms with E-state index in [1.807, 2.05) is 37.4 Å². The van der Waals surface area contributed by atoms with Crippen LogP contribution < -0.4 is 11.1 Å². The normalized spacial score (nSPS) is 18.4. The zero-order chi connectivity index (χ0) is 21.2. The van der Waals surface area contributed by atoms with E-state index in [4.69, 9.17) is 17.3 Å². The first-order valence-corrected chi connectivity index (χ1v) is 9.78. The van der Waals surface area contributed by atoms with Gasteiger partial charge in [-0.15, -0.1) is 12.4 Å². The van der Waals surface area contributed by atoms with Crippen molar-refractivity contribution in [2.45, 2.75) is 37.5 Å². The third kappa shape index (κ3) is 5.39. The fourth-order valence-electron chi connectivity index (χ4n) is 3.79. The molecule has 2 unspecified atom stereocenters. The third-order valence-electron chi connectivity index (χ3n) is 5.35.